The van der Waals surface area contributed by atoms with Gasteiger partial charge in [0.05, 0.1) is 29.8 Å². The van der Waals surface area contributed by atoms with E-state index >= 15 is 0 Å². The Kier molecular flexibility index (Phi) is 6.73. The molecule has 0 fully saturated rings. The van der Waals surface area contributed by atoms with Crippen molar-refractivity contribution in [1.29, 1.82) is 5.26 Å². The largest absolute Gasteiger partial charge is 0.361 e. The molecule has 7 heteroatoms. The number of para-hydroxylation sites is 1. The van der Waals surface area contributed by atoms with Crippen LogP contribution in [-0.4, -0.2) is 15.9 Å². The molecule has 0 saturated carbocycles. The smallest absolute Gasteiger partial charge is 0.225 e. The van der Waals surface area contributed by atoms with Gasteiger partial charge in [-0.05, 0) is 59.5 Å². The third-order valence-electron chi connectivity index (χ3n) is 6.19. The van der Waals surface area contributed by atoms with Crippen LogP contribution in [0.4, 0.5) is 8.78 Å². The van der Waals surface area contributed by atoms with Crippen LogP contribution in [0.2, 0.25) is 0 Å². The number of benzene rings is 3. The number of pyridine rings is 1. The van der Waals surface area contributed by atoms with Gasteiger partial charge in [-0.25, -0.2) is 8.78 Å². The van der Waals surface area contributed by atoms with Crippen LogP contribution >= 0.6 is 0 Å². The Bertz CT molecular complexity index is 1620. The second-order valence-electron chi connectivity index (χ2n) is 8.77. The van der Waals surface area contributed by atoms with Crippen molar-refractivity contribution in [3.63, 3.8) is 0 Å². The summed E-state index contributed by atoms with van der Waals surface area (Å²) in [6, 6.07) is 23.2. The van der Waals surface area contributed by atoms with E-state index in [1.807, 2.05) is 36.4 Å². The second-order valence-corrected chi connectivity index (χ2v) is 8.77. The van der Waals surface area contributed by atoms with Crippen LogP contribution in [0.5, 0.6) is 0 Å². The molecule has 0 aliphatic heterocycles. The lowest BCUT2D eigenvalue weighted by Gasteiger charge is -2.22. The van der Waals surface area contributed by atoms with E-state index < -0.39 is 17.7 Å². The highest BCUT2D eigenvalue weighted by atomic mass is 19.1. The van der Waals surface area contributed by atoms with Gasteiger partial charge < -0.3 is 10.3 Å². The van der Waals surface area contributed by atoms with Gasteiger partial charge >= 0.3 is 0 Å². The number of nitrogens with zero attached hydrogens (tertiary/aromatic N) is 2. The van der Waals surface area contributed by atoms with Crippen LogP contribution in [-0.2, 0) is 17.6 Å². The van der Waals surface area contributed by atoms with Gasteiger partial charge in [0, 0.05) is 34.9 Å². The van der Waals surface area contributed by atoms with E-state index in [4.69, 9.17) is 0 Å². The van der Waals surface area contributed by atoms with E-state index in [0.717, 1.165) is 28.1 Å². The molecular weight excluding hydrogens is 470 g/mol. The summed E-state index contributed by atoms with van der Waals surface area (Å²) in [7, 11) is 0. The van der Waals surface area contributed by atoms with E-state index in [1.54, 1.807) is 36.7 Å². The highest BCUT2D eigenvalue weighted by molar-refractivity contribution is 5.89. The summed E-state index contributed by atoms with van der Waals surface area (Å²) >= 11 is 0. The van der Waals surface area contributed by atoms with E-state index in [-0.39, 0.29) is 18.7 Å². The molecule has 2 N–H and O–H groups in total. The number of H-pyrrole nitrogens is 1. The van der Waals surface area contributed by atoms with Crippen LogP contribution in [0.1, 0.15) is 28.4 Å². The minimum atomic E-state index is -0.693. The second kappa shape index (κ2) is 10.4. The van der Waals surface area contributed by atoms with Gasteiger partial charge in [0.1, 0.15) is 11.6 Å². The summed E-state index contributed by atoms with van der Waals surface area (Å²) in [6.45, 7) is 0. The van der Waals surface area contributed by atoms with Crippen molar-refractivity contribution in [2.45, 2.75) is 18.9 Å². The number of nitriles is 1. The molecule has 2 heterocycles. The normalized spacial score (nSPS) is 11.7. The number of nitrogens with one attached hydrogen (secondary N) is 2. The molecular formula is C30H22F2N4O. The molecule has 2 aromatic heterocycles. The maximum Gasteiger partial charge on any atom is 0.225 e. The average Bonchev–Trinajstić information content (AvgIpc) is 3.30. The topological polar surface area (TPSA) is 81.6 Å². The van der Waals surface area contributed by atoms with Crippen LogP contribution in [0.25, 0.3) is 22.0 Å². The van der Waals surface area contributed by atoms with E-state index in [0.29, 0.717) is 22.4 Å². The Morgan fingerprint density at radius 1 is 1.00 bits per heavy atom. The molecule has 0 spiro atoms. The molecule has 5 aromatic rings. The highest BCUT2D eigenvalue weighted by Crippen LogP contribution is 2.30. The van der Waals surface area contributed by atoms with Crippen molar-refractivity contribution in [2.24, 2.45) is 0 Å². The molecule has 1 atom stereocenters. The first kappa shape index (κ1) is 23.9. The monoisotopic (exact) mass is 492 g/mol. The number of rotatable bonds is 7. The maximum absolute atomic E-state index is 14.0. The van der Waals surface area contributed by atoms with Gasteiger partial charge in [-0.1, -0.05) is 36.4 Å². The molecule has 0 bridgehead atoms. The van der Waals surface area contributed by atoms with Crippen molar-refractivity contribution in [2.75, 3.05) is 0 Å². The zero-order valence-electron chi connectivity index (χ0n) is 19.7. The zero-order valence-corrected chi connectivity index (χ0v) is 19.7. The van der Waals surface area contributed by atoms with E-state index in [2.05, 4.69) is 21.4 Å². The zero-order chi connectivity index (χ0) is 25.8. The highest BCUT2D eigenvalue weighted by Gasteiger charge is 2.22. The fourth-order valence-corrected chi connectivity index (χ4v) is 4.57. The molecule has 37 heavy (non-hydrogen) atoms. The van der Waals surface area contributed by atoms with Gasteiger partial charge in [0.2, 0.25) is 5.91 Å². The van der Waals surface area contributed by atoms with Crippen LogP contribution in [0.15, 0.2) is 91.3 Å². The van der Waals surface area contributed by atoms with Gasteiger partial charge in [-0.3, -0.25) is 9.78 Å². The van der Waals surface area contributed by atoms with Crippen LogP contribution in [0, 0.1) is 23.0 Å². The van der Waals surface area contributed by atoms with Crippen molar-refractivity contribution < 1.29 is 13.6 Å². The van der Waals surface area contributed by atoms with Crippen molar-refractivity contribution >= 4 is 16.8 Å². The molecule has 0 aliphatic rings. The van der Waals surface area contributed by atoms with E-state index in [1.165, 1.54) is 12.1 Å². The molecule has 3 aromatic carbocycles. The number of carbonyl (C=O) groups is 1. The summed E-state index contributed by atoms with van der Waals surface area (Å²) in [5.41, 5.74) is 4.65. The summed E-state index contributed by atoms with van der Waals surface area (Å²) < 4.78 is 28.0. The first-order valence-corrected chi connectivity index (χ1v) is 11.7. The van der Waals surface area contributed by atoms with Gasteiger partial charge in [0.15, 0.2) is 0 Å². The van der Waals surface area contributed by atoms with Gasteiger partial charge in [-0.15, -0.1) is 0 Å². The lowest BCUT2D eigenvalue weighted by molar-refractivity contribution is -0.121. The Morgan fingerprint density at radius 3 is 2.62 bits per heavy atom. The number of carbonyl (C=O) groups excluding carboxylic acids is 1. The Hall–Kier alpha value is -4.83. The third kappa shape index (κ3) is 5.39. The summed E-state index contributed by atoms with van der Waals surface area (Å²) in [5.74, 6) is -1.64. The maximum atomic E-state index is 14.0. The molecule has 5 rings (SSSR count). The summed E-state index contributed by atoms with van der Waals surface area (Å²) in [6.07, 6.45) is 3.65. The molecule has 5 nitrogen and oxygen atoms in total. The fraction of sp³-hybridized carbons (Fsp3) is 0.100. The number of fused-ring (bicyclic) bond motifs is 1. The van der Waals surface area contributed by atoms with Crippen molar-refractivity contribution in [1.82, 2.24) is 15.3 Å². The minimum Gasteiger partial charge on any atom is -0.361 e. The third-order valence-corrected chi connectivity index (χ3v) is 6.19. The summed E-state index contributed by atoms with van der Waals surface area (Å²) in [4.78, 5) is 21.0. The number of aromatic nitrogens is 2. The van der Waals surface area contributed by atoms with Crippen molar-refractivity contribution in [3.8, 4) is 17.2 Å². The fourth-order valence-electron chi connectivity index (χ4n) is 4.57. The number of hydrogen-bond donors (Lipinski definition) is 2. The van der Waals surface area contributed by atoms with E-state index in [9.17, 15) is 18.8 Å². The first-order valence-electron chi connectivity index (χ1n) is 11.7. The molecule has 0 saturated heterocycles. The lowest BCUT2D eigenvalue weighted by atomic mass is 9.94. The van der Waals surface area contributed by atoms with Crippen LogP contribution < -0.4 is 5.32 Å². The molecule has 0 radical (unpaired) electrons. The Morgan fingerprint density at radius 2 is 1.81 bits per heavy atom. The lowest BCUT2D eigenvalue weighted by Crippen LogP contribution is -2.32. The van der Waals surface area contributed by atoms with Crippen molar-refractivity contribution in [3.05, 3.63) is 125 Å². The average molecular weight is 493 g/mol. The first-order chi connectivity index (χ1) is 18.0. The molecule has 182 valence electrons. The molecule has 0 aliphatic carbocycles. The van der Waals surface area contributed by atoms with Gasteiger partial charge in [-0.2, -0.15) is 5.26 Å². The van der Waals surface area contributed by atoms with Gasteiger partial charge in [0.25, 0.3) is 0 Å². The predicted molar refractivity (Wildman–Crippen MR) is 137 cm³/mol. The number of amides is 1. The predicted octanol–water partition coefficient (Wildman–Crippen LogP) is 6.02. The SMILES string of the molecule is N#Cc1cccc(-c2cccnc2[C@H](Cc2cc(F)cc(F)c2)NC(=O)Cc2c[nH]c3ccccc23)c1. The number of halogens is 2. The summed E-state index contributed by atoms with van der Waals surface area (Å²) in [5, 5.41) is 13.3. The molecule has 1 amide bonds. The Labute approximate surface area is 212 Å². The van der Waals surface area contributed by atoms with Crippen LogP contribution in [0.3, 0.4) is 0 Å². The quantitative estimate of drug-likeness (QED) is 0.291. The standard InChI is InChI=1S/C30H22F2N4O/c31-23-12-20(13-24(32)16-23)14-28(36-29(37)15-22-18-35-27-9-2-1-7-25(22)27)30-26(8-4-10-34-30)21-6-3-5-19(11-21)17-33/h1-13,16,18,28,35H,14-15H2,(H,36,37)/t28-/m0/s1. The number of hydrogen-bond acceptors (Lipinski definition) is 3. The minimum absolute atomic E-state index is 0.115. The number of aromatic amines is 1. The Balaban J connectivity index is 1.51. The molecule has 0 unspecified atom stereocenters.